The van der Waals surface area contributed by atoms with E-state index in [4.69, 9.17) is 4.74 Å². The summed E-state index contributed by atoms with van der Waals surface area (Å²) in [5, 5.41) is 9.41. The highest BCUT2D eigenvalue weighted by Gasteiger charge is 2.34. The van der Waals surface area contributed by atoms with Gasteiger partial charge in [0.2, 0.25) is 10.0 Å². The van der Waals surface area contributed by atoms with Crippen LogP contribution in [-0.2, 0) is 14.8 Å². The van der Waals surface area contributed by atoms with Gasteiger partial charge < -0.3 is 9.84 Å². The lowest BCUT2D eigenvalue weighted by atomic mass is 10.1. The van der Waals surface area contributed by atoms with Gasteiger partial charge in [-0.2, -0.15) is 4.72 Å². The molecule has 2 atom stereocenters. The second-order valence-corrected chi connectivity index (χ2v) is 12.2. The lowest BCUT2D eigenvalue weighted by molar-refractivity contribution is -0.139. The fourth-order valence-electron chi connectivity index (χ4n) is 3.82. The summed E-state index contributed by atoms with van der Waals surface area (Å²) in [5.74, 6) is -0.0844. The van der Waals surface area contributed by atoms with Crippen molar-refractivity contribution in [3.8, 4) is 16.9 Å². The summed E-state index contributed by atoms with van der Waals surface area (Å²) in [6.45, 7) is 0.342. The molecule has 0 aliphatic carbocycles. The second kappa shape index (κ2) is 13.1. The quantitative estimate of drug-likeness (QED) is 0.180. The Morgan fingerprint density at radius 2 is 1.39 bits per heavy atom. The fourth-order valence-corrected chi connectivity index (χ4v) is 6.54. The normalized spacial score (nSPS) is 13.0. The predicted octanol–water partition coefficient (Wildman–Crippen LogP) is 6.40. The van der Waals surface area contributed by atoms with Crippen LogP contribution >= 0.6 is 27.7 Å². The topological polar surface area (TPSA) is 92.7 Å². The van der Waals surface area contributed by atoms with Crippen molar-refractivity contribution in [2.45, 2.75) is 16.2 Å². The van der Waals surface area contributed by atoms with Crippen LogP contribution in [0, 0.1) is 0 Å². The van der Waals surface area contributed by atoms with Gasteiger partial charge in [0, 0.05) is 10.2 Å². The van der Waals surface area contributed by atoms with Crippen molar-refractivity contribution >= 4 is 43.7 Å². The fraction of sp³-hybridized carbons (Fsp3) is 0.138. The maximum atomic E-state index is 13.3. The summed E-state index contributed by atoms with van der Waals surface area (Å²) in [4.78, 5) is 12.4. The van der Waals surface area contributed by atoms with E-state index in [0.29, 0.717) is 23.7 Å². The summed E-state index contributed by atoms with van der Waals surface area (Å²) in [7, 11) is -4.12. The number of carboxylic acid groups (broad SMARTS) is 1. The Labute approximate surface area is 235 Å². The highest BCUT2D eigenvalue weighted by Crippen LogP contribution is 2.33. The number of hydrogen-bond acceptors (Lipinski definition) is 5. The molecule has 2 unspecified atom stereocenters. The molecule has 0 aliphatic rings. The molecule has 0 aromatic heterocycles. The van der Waals surface area contributed by atoms with Gasteiger partial charge in [0.15, 0.2) is 0 Å². The van der Waals surface area contributed by atoms with Crippen LogP contribution in [0.25, 0.3) is 11.1 Å². The summed E-state index contributed by atoms with van der Waals surface area (Å²) in [6.07, 6.45) is 0. The maximum absolute atomic E-state index is 13.3. The average Bonchev–Trinajstić information content (AvgIpc) is 2.93. The number of halogens is 1. The Morgan fingerprint density at radius 1 is 0.842 bits per heavy atom. The number of ether oxygens (including phenoxy) is 1. The van der Waals surface area contributed by atoms with Crippen molar-refractivity contribution < 1.29 is 23.1 Å². The van der Waals surface area contributed by atoms with Crippen LogP contribution in [0.3, 0.4) is 0 Å². The number of carbonyl (C=O) groups is 1. The number of rotatable bonds is 12. The highest BCUT2D eigenvalue weighted by atomic mass is 79.9. The molecule has 4 rings (SSSR count). The first kappa shape index (κ1) is 27.9. The first-order valence-corrected chi connectivity index (χ1v) is 15.1. The lowest BCUT2D eigenvalue weighted by Crippen LogP contribution is -2.44. The minimum Gasteiger partial charge on any atom is -0.493 e. The summed E-state index contributed by atoms with van der Waals surface area (Å²) < 4.78 is 35.7. The lowest BCUT2D eigenvalue weighted by Gasteiger charge is -2.25. The zero-order valence-electron chi connectivity index (χ0n) is 20.2. The van der Waals surface area contributed by atoms with Gasteiger partial charge in [-0.15, -0.1) is 11.8 Å². The number of nitrogens with one attached hydrogen (secondary N) is 1. The van der Waals surface area contributed by atoms with Gasteiger partial charge >= 0.3 is 5.97 Å². The Bertz CT molecular complexity index is 1430. The molecule has 0 bridgehead atoms. The molecule has 4 aromatic carbocycles. The first-order chi connectivity index (χ1) is 18.3. The molecule has 0 saturated carbocycles. The van der Waals surface area contributed by atoms with E-state index >= 15 is 0 Å². The third kappa shape index (κ3) is 7.48. The second-order valence-electron chi connectivity index (χ2n) is 8.33. The Kier molecular flexibility index (Phi) is 9.63. The third-order valence-corrected chi connectivity index (χ3v) is 9.01. The van der Waals surface area contributed by atoms with Crippen LogP contribution in [0.4, 0.5) is 0 Å². The van der Waals surface area contributed by atoms with Crippen molar-refractivity contribution in [3.05, 3.63) is 119 Å². The summed E-state index contributed by atoms with van der Waals surface area (Å²) >= 11 is 4.74. The molecule has 0 saturated heterocycles. The van der Waals surface area contributed by atoms with Crippen LogP contribution in [0.15, 0.2) is 119 Å². The number of aliphatic carboxylic acids is 1. The molecule has 9 heteroatoms. The number of sulfonamides is 1. The zero-order chi connectivity index (χ0) is 27.0. The van der Waals surface area contributed by atoms with E-state index in [1.54, 1.807) is 36.4 Å². The Morgan fingerprint density at radius 3 is 1.97 bits per heavy atom. The smallest absolute Gasteiger partial charge is 0.323 e. The predicted molar refractivity (Wildman–Crippen MR) is 155 cm³/mol. The molecule has 0 heterocycles. The molecule has 6 nitrogen and oxygen atoms in total. The molecule has 38 heavy (non-hydrogen) atoms. The van der Waals surface area contributed by atoms with E-state index < -0.39 is 27.3 Å². The van der Waals surface area contributed by atoms with E-state index in [2.05, 4.69) is 20.7 Å². The number of thioether (sulfide) groups is 1. The molecular formula is C29H26BrNO5S2. The van der Waals surface area contributed by atoms with Crippen LogP contribution in [0.5, 0.6) is 5.75 Å². The zero-order valence-corrected chi connectivity index (χ0v) is 23.5. The van der Waals surface area contributed by atoms with E-state index in [1.165, 1.54) is 23.9 Å². The van der Waals surface area contributed by atoms with Crippen molar-refractivity contribution in [3.63, 3.8) is 0 Å². The number of hydrogen-bond donors (Lipinski definition) is 2. The van der Waals surface area contributed by atoms with Gasteiger partial charge in [-0.3, -0.25) is 4.79 Å². The largest absolute Gasteiger partial charge is 0.493 e. The Balaban J connectivity index is 1.51. The number of para-hydroxylation sites is 1. The SMILES string of the molecule is O=C(O)C(NS(=O)(=O)c1ccc(-c2ccc(Br)cc2)cc1)C(SCCOc1ccccc1)c1ccccc1. The standard InChI is InChI=1S/C29H26BrNO5S2/c30-24-15-11-21(12-16-24)22-13-17-26(18-14-22)38(34,35)31-27(29(32)33)28(23-7-3-1-4-8-23)37-20-19-36-25-9-5-2-6-10-25/h1-18,27-28,31H,19-20H2,(H,32,33). The van der Waals surface area contributed by atoms with Gasteiger partial charge in [-0.25, -0.2) is 8.42 Å². The molecule has 4 aromatic rings. The van der Waals surface area contributed by atoms with Crippen LogP contribution in [-0.4, -0.2) is 37.9 Å². The van der Waals surface area contributed by atoms with Crippen molar-refractivity contribution in [1.29, 1.82) is 0 Å². The molecule has 0 aliphatic heterocycles. The van der Waals surface area contributed by atoms with Gasteiger partial charge in [-0.05, 0) is 53.1 Å². The van der Waals surface area contributed by atoms with Crippen molar-refractivity contribution in [1.82, 2.24) is 4.72 Å². The maximum Gasteiger partial charge on any atom is 0.323 e. The molecular weight excluding hydrogens is 586 g/mol. The molecule has 0 spiro atoms. The number of carboxylic acids is 1. The van der Waals surface area contributed by atoms with Crippen LogP contribution < -0.4 is 9.46 Å². The van der Waals surface area contributed by atoms with Gasteiger partial charge in [0.1, 0.15) is 11.8 Å². The molecule has 2 N–H and O–H groups in total. The van der Waals surface area contributed by atoms with E-state index in [9.17, 15) is 18.3 Å². The highest BCUT2D eigenvalue weighted by molar-refractivity contribution is 9.10. The minimum absolute atomic E-state index is 0.00571. The van der Waals surface area contributed by atoms with Crippen LogP contribution in [0.1, 0.15) is 10.8 Å². The molecule has 0 amide bonds. The molecule has 196 valence electrons. The average molecular weight is 613 g/mol. The van der Waals surface area contributed by atoms with Gasteiger partial charge in [-0.1, -0.05) is 88.7 Å². The van der Waals surface area contributed by atoms with Gasteiger partial charge in [0.25, 0.3) is 0 Å². The molecule has 0 radical (unpaired) electrons. The minimum atomic E-state index is -4.12. The van der Waals surface area contributed by atoms with Gasteiger partial charge in [0.05, 0.1) is 16.8 Å². The third-order valence-electron chi connectivity index (χ3n) is 5.71. The Hall–Kier alpha value is -3.11. The summed E-state index contributed by atoms with van der Waals surface area (Å²) in [6, 6.07) is 31.0. The molecule has 0 fully saturated rings. The first-order valence-electron chi connectivity index (χ1n) is 11.8. The number of benzene rings is 4. The summed E-state index contributed by atoms with van der Waals surface area (Å²) in [5.41, 5.74) is 2.49. The van der Waals surface area contributed by atoms with Crippen molar-refractivity contribution in [2.75, 3.05) is 12.4 Å². The monoisotopic (exact) mass is 611 g/mol. The van der Waals surface area contributed by atoms with Crippen LogP contribution in [0.2, 0.25) is 0 Å². The van der Waals surface area contributed by atoms with E-state index in [1.807, 2.05) is 60.7 Å². The van der Waals surface area contributed by atoms with Crippen molar-refractivity contribution in [2.24, 2.45) is 0 Å². The van der Waals surface area contributed by atoms with E-state index in [-0.39, 0.29) is 4.90 Å². The van der Waals surface area contributed by atoms with E-state index in [0.717, 1.165) is 15.6 Å².